The van der Waals surface area contributed by atoms with E-state index in [0.717, 1.165) is 31.7 Å². The van der Waals surface area contributed by atoms with Crippen molar-refractivity contribution in [1.29, 1.82) is 0 Å². The average Bonchev–Trinajstić information content (AvgIpc) is 2.46. The van der Waals surface area contributed by atoms with Crippen LogP contribution in [0, 0.1) is 0 Å². The number of hydrogen-bond donors (Lipinski definition) is 1. The lowest BCUT2D eigenvalue weighted by Gasteiger charge is -2.23. The lowest BCUT2D eigenvalue weighted by Crippen LogP contribution is -2.23. The van der Waals surface area contributed by atoms with E-state index in [2.05, 4.69) is 64.2 Å². The van der Waals surface area contributed by atoms with Crippen LogP contribution in [0.5, 0.6) is 5.75 Å². The molecule has 0 atom stereocenters. The number of benzene rings is 1. The predicted molar refractivity (Wildman–Crippen MR) is 92.2 cm³/mol. The standard InChI is InChI=1S/C19H33NO/c1-6-19(4,5)17-10-12-18(13-11-17)21-15-9-7-8-14-20-16(2)3/h10-13,16,20H,6-9,14-15H2,1-5H3. The SMILES string of the molecule is CCC(C)(C)c1ccc(OCCCCCNC(C)C)cc1. The molecule has 2 heteroatoms. The Morgan fingerprint density at radius 2 is 1.71 bits per heavy atom. The number of nitrogens with one attached hydrogen (secondary N) is 1. The van der Waals surface area contributed by atoms with Crippen LogP contribution in [-0.2, 0) is 5.41 Å². The molecule has 2 nitrogen and oxygen atoms in total. The fraction of sp³-hybridized carbons (Fsp3) is 0.684. The van der Waals surface area contributed by atoms with Gasteiger partial charge in [-0.15, -0.1) is 0 Å². The highest BCUT2D eigenvalue weighted by molar-refractivity contribution is 5.31. The summed E-state index contributed by atoms with van der Waals surface area (Å²) in [6.07, 6.45) is 4.73. The van der Waals surface area contributed by atoms with E-state index in [1.165, 1.54) is 18.4 Å². The first-order valence-electron chi connectivity index (χ1n) is 8.42. The van der Waals surface area contributed by atoms with Crippen LogP contribution in [0.1, 0.15) is 65.9 Å². The van der Waals surface area contributed by atoms with Crippen molar-refractivity contribution in [1.82, 2.24) is 5.32 Å². The fourth-order valence-electron chi connectivity index (χ4n) is 2.19. The first-order valence-corrected chi connectivity index (χ1v) is 8.42. The monoisotopic (exact) mass is 291 g/mol. The summed E-state index contributed by atoms with van der Waals surface area (Å²) >= 11 is 0. The Kier molecular flexibility index (Phi) is 7.81. The lowest BCUT2D eigenvalue weighted by molar-refractivity contribution is 0.304. The molecule has 1 aromatic carbocycles. The number of rotatable bonds is 10. The number of hydrogen-bond acceptors (Lipinski definition) is 2. The molecule has 21 heavy (non-hydrogen) atoms. The van der Waals surface area contributed by atoms with Crippen LogP contribution in [0.25, 0.3) is 0 Å². The molecule has 0 aliphatic heterocycles. The molecule has 0 fully saturated rings. The molecule has 0 spiro atoms. The second kappa shape index (κ2) is 9.09. The molecule has 0 aliphatic carbocycles. The molecule has 1 N–H and O–H groups in total. The van der Waals surface area contributed by atoms with Crippen LogP contribution >= 0.6 is 0 Å². The Hall–Kier alpha value is -1.02. The van der Waals surface area contributed by atoms with Crippen molar-refractivity contribution in [3.8, 4) is 5.75 Å². The van der Waals surface area contributed by atoms with E-state index in [9.17, 15) is 0 Å². The van der Waals surface area contributed by atoms with E-state index in [1.54, 1.807) is 0 Å². The van der Waals surface area contributed by atoms with E-state index >= 15 is 0 Å². The van der Waals surface area contributed by atoms with E-state index in [-0.39, 0.29) is 5.41 Å². The average molecular weight is 291 g/mol. The largest absolute Gasteiger partial charge is 0.494 e. The van der Waals surface area contributed by atoms with Crippen molar-refractivity contribution < 1.29 is 4.74 Å². The molecule has 0 amide bonds. The Morgan fingerprint density at radius 3 is 2.29 bits per heavy atom. The van der Waals surface area contributed by atoms with Crippen molar-refractivity contribution in [2.24, 2.45) is 0 Å². The van der Waals surface area contributed by atoms with Gasteiger partial charge in [0.15, 0.2) is 0 Å². The highest BCUT2D eigenvalue weighted by Crippen LogP contribution is 2.28. The summed E-state index contributed by atoms with van der Waals surface area (Å²) in [7, 11) is 0. The third kappa shape index (κ3) is 6.99. The van der Waals surface area contributed by atoms with Gasteiger partial charge >= 0.3 is 0 Å². The van der Waals surface area contributed by atoms with Crippen LogP contribution in [0.4, 0.5) is 0 Å². The smallest absolute Gasteiger partial charge is 0.119 e. The maximum absolute atomic E-state index is 5.81. The van der Waals surface area contributed by atoms with Crippen LogP contribution in [0.2, 0.25) is 0 Å². The van der Waals surface area contributed by atoms with Gasteiger partial charge in [0.2, 0.25) is 0 Å². The molecule has 1 aromatic rings. The van der Waals surface area contributed by atoms with Gasteiger partial charge in [0.1, 0.15) is 5.75 Å². The molecular weight excluding hydrogens is 258 g/mol. The maximum Gasteiger partial charge on any atom is 0.119 e. The molecule has 0 aliphatic rings. The normalized spacial score (nSPS) is 11.9. The van der Waals surface area contributed by atoms with Gasteiger partial charge in [-0.1, -0.05) is 46.8 Å². The van der Waals surface area contributed by atoms with Gasteiger partial charge in [0, 0.05) is 6.04 Å². The summed E-state index contributed by atoms with van der Waals surface area (Å²) < 4.78 is 5.81. The summed E-state index contributed by atoms with van der Waals surface area (Å²) in [4.78, 5) is 0. The van der Waals surface area contributed by atoms with E-state index < -0.39 is 0 Å². The van der Waals surface area contributed by atoms with Crippen LogP contribution < -0.4 is 10.1 Å². The highest BCUT2D eigenvalue weighted by Gasteiger charge is 2.17. The molecule has 0 unspecified atom stereocenters. The van der Waals surface area contributed by atoms with Crippen molar-refractivity contribution in [2.75, 3.05) is 13.2 Å². The molecule has 0 bridgehead atoms. The van der Waals surface area contributed by atoms with E-state index in [0.29, 0.717) is 6.04 Å². The lowest BCUT2D eigenvalue weighted by atomic mass is 9.82. The minimum Gasteiger partial charge on any atom is -0.494 e. The molecule has 120 valence electrons. The van der Waals surface area contributed by atoms with Crippen molar-refractivity contribution >= 4 is 0 Å². The quantitative estimate of drug-likeness (QED) is 0.618. The zero-order chi connectivity index (χ0) is 15.7. The van der Waals surface area contributed by atoms with Gasteiger partial charge in [-0.25, -0.2) is 0 Å². The Bertz CT molecular complexity index is 381. The van der Waals surface area contributed by atoms with Gasteiger partial charge in [-0.05, 0) is 55.3 Å². The zero-order valence-electron chi connectivity index (χ0n) is 14.5. The van der Waals surface area contributed by atoms with Crippen molar-refractivity contribution in [2.45, 2.75) is 71.8 Å². The van der Waals surface area contributed by atoms with Gasteiger partial charge in [0.05, 0.1) is 6.61 Å². The van der Waals surface area contributed by atoms with Gasteiger partial charge in [-0.2, -0.15) is 0 Å². The van der Waals surface area contributed by atoms with E-state index in [4.69, 9.17) is 4.74 Å². The Labute approximate surface area is 131 Å². The van der Waals surface area contributed by atoms with Crippen LogP contribution in [0.3, 0.4) is 0 Å². The molecule has 0 saturated heterocycles. The molecule has 0 radical (unpaired) electrons. The first kappa shape index (κ1) is 18.0. The molecule has 1 rings (SSSR count). The minimum absolute atomic E-state index is 0.252. The third-order valence-electron chi connectivity index (χ3n) is 4.16. The second-order valence-electron chi connectivity index (χ2n) is 6.78. The first-order chi connectivity index (χ1) is 9.95. The maximum atomic E-state index is 5.81. The molecular formula is C19H33NO. The topological polar surface area (TPSA) is 21.3 Å². The number of unbranched alkanes of at least 4 members (excludes halogenated alkanes) is 2. The van der Waals surface area contributed by atoms with Crippen molar-refractivity contribution in [3.63, 3.8) is 0 Å². The Morgan fingerprint density at radius 1 is 1.05 bits per heavy atom. The van der Waals surface area contributed by atoms with Gasteiger partial charge in [-0.3, -0.25) is 0 Å². The summed E-state index contributed by atoms with van der Waals surface area (Å²) in [6, 6.07) is 9.20. The molecule has 0 saturated carbocycles. The fourth-order valence-corrected chi connectivity index (χ4v) is 2.19. The predicted octanol–water partition coefficient (Wildman–Crippen LogP) is 4.92. The molecule has 0 heterocycles. The second-order valence-corrected chi connectivity index (χ2v) is 6.78. The Balaban J connectivity index is 2.21. The summed E-state index contributed by atoms with van der Waals surface area (Å²) in [5.74, 6) is 0.992. The summed E-state index contributed by atoms with van der Waals surface area (Å²) in [5, 5.41) is 3.44. The third-order valence-corrected chi connectivity index (χ3v) is 4.16. The zero-order valence-corrected chi connectivity index (χ0v) is 14.5. The minimum atomic E-state index is 0.252. The highest BCUT2D eigenvalue weighted by atomic mass is 16.5. The molecule has 0 aromatic heterocycles. The van der Waals surface area contributed by atoms with Crippen LogP contribution in [0.15, 0.2) is 24.3 Å². The van der Waals surface area contributed by atoms with Gasteiger partial charge in [0.25, 0.3) is 0 Å². The van der Waals surface area contributed by atoms with Crippen molar-refractivity contribution in [3.05, 3.63) is 29.8 Å². The summed E-state index contributed by atoms with van der Waals surface area (Å²) in [6.45, 7) is 13.1. The van der Waals surface area contributed by atoms with E-state index in [1.807, 2.05) is 0 Å². The number of ether oxygens (including phenoxy) is 1. The summed E-state index contributed by atoms with van der Waals surface area (Å²) in [5.41, 5.74) is 1.64. The van der Waals surface area contributed by atoms with Crippen LogP contribution in [-0.4, -0.2) is 19.2 Å². The van der Waals surface area contributed by atoms with Gasteiger partial charge < -0.3 is 10.1 Å².